The van der Waals surface area contributed by atoms with Gasteiger partial charge in [0, 0.05) is 24.2 Å². The lowest BCUT2D eigenvalue weighted by molar-refractivity contribution is -0.130. The topological polar surface area (TPSA) is 37.4 Å². The zero-order valence-corrected chi connectivity index (χ0v) is 13.1. The number of hydrogen-bond donors (Lipinski definition) is 0. The number of likely N-dealkylation sites (N-methyl/N-ethyl adjacent to an activating group) is 1. The molecule has 0 radical (unpaired) electrons. The molecule has 0 aliphatic heterocycles. The van der Waals surface area contributed by atoms with E-state index in [1.165, 1.54) is 0 Å². The highest BCUT2D eigenvalue weighted by molar-refractivity contribution is 6.08. The smallest absolute Gasteiger partial charge is 0.226 e. The molecule has 0 unspecified atom stereocenters. The minimum atomic E-state index is 0.00206. The van der Waals surface area contributed by atoms with Crippen LogP contribution in [0.3, 0.4) is 0 Å². The summed E-state index contributed by atoms with van der Waals surface area (Å²) in [6, 6.07) is 16.5. The lowest BCUT2D eigenvalue weighted by Gasteiger charge is -2.18. The van der Waals surface area contributed by atoms with Crippen molar-refractivity contribution in [3.8, 4) is 0 Å². The van der Waals surface area contributed by atoms with Crippen LogP contribution < -0.4 is 0 Å². The molecule has 0 heterocycles. The Kier molecular flexibility index (Phi) is 5.48. The van der Waals surface area contributed by atoms with Crippen LogP contribution in [0.4, 0.5) is 0 Å². The number of ketones is 1. The second-order valence-corrected chi connectivity index (χ2v) is 5.13. The molecule has 0 fully saturated rings. The SMILES string of the molecule is CCN(CC)C(=O)Cc1ccc(C(=O)c2ccccc2)cc1. The van der Waals surface area contributed by atoms with Crippen molar-refractivity contribution in [3.05, 3.63) is 71.3 Å². The molecule has 2 aromatic rings. The second-order valence-electron chi connectivity index (χ2n) is 5.13. The second kappa shape index (κ2) is 7.55. The van der Waals surface area contributed by atoms with Crippen molar-refractivity contribution in [2.24, 2.45) is 0 Å². The van der Waals surface area contributed by atoms with E-state index in [0.717, 1.165) is 18.7 Å². The van der Waals surface area contributed by atoms with Gasteiger partial charge < -0.3 is 4.90 Å². The summed E-state index contributed by atoms with van der Waals surface area (Å²) >= 11 is 0. The average molecular weight is 295 g/mol. The summed E-state index contributed by atoms with van der Waals surface area (Å²) in [6.45, 7) is 5.39. The van der Waals surface area contributed by atoms with E-state index in [0.29, 0.717) is 17.5 Å². The Labute approximate surface area is 131 Å². The number of benzene rings is 2. The van der Waals surface area contributed by atoms with E-state index >= 15 is 0 Å². The summed E-state index contributed by atoms with van der Waals surface area (Å²) in [7, 11) is 0. The molecule has 0 aliphatic carbocycles. The predicted molar refractivity (Wildman–Crippen MR) is 87.9 cm³/mol. The van der Waals surface area contributed by atoms with E-state index in [4.69, 9.17) is 0 Å². The molecular formula is C19H21NO2. The highest BCUT2D eigenvalue weighted by atomic mass is 16.2. The van der Waals surface area contributed by atoms with Gasteiger partial charge in [-0.05, 0) is 19.4 Å². The average Bonchev–Trinajstić information content (AvgIpc) is 2.57. The van der Waals surface area contributed by atoms with Crippen molar-refractivity contribution in [1.29, 1.82) is 0 Å². The first-order valence-electron chi connectivity index (χ1n) is 7.62. The largest absolute Gasteiger partial charge is 0.343 e. The molecule has 3 nitrogen and oxygen atoms in total. The fraction of sp³-hybridized carbons (Fsp3) is 0.263. The van der Waals surface area contributed by atoms with Gasteiger partial charge in [-0.25, -0.2) is 0 Å². The number of carbonyl (C=O) groups is 2. The molecule has 0 bridgehead atoms. The Bertz CT molecular complexity index is 628. The fourth-order valence-corrected chi connectivity index (χ4v) is 2.39. The molecule has 114 valence electrons. The van der Waals surface area contributed by atoms with E-state index < -0.39 is 0 Å². The highest BCUT2D eigenvalue weighted by Crippen LogP contribution is 2.12. The van der Waals surface area contributed by atoms with Gasteiger partial charge in [0.1, 0.15) is 0 Å². The summed E-state index contributed by atoms with van der Waals surface area (Å²) in [4.78, 5) is 26.2. The van der Waals surface area contributed by atoms with Crippen LogP contribution in [-0.2, 0) is 11.2 Å². The molecule has 1 amide bonds. The minimum absolute atomic E-state index is 0.00206. The zero-order chi connectivity index (χ0) is 15.9. The summed E-state index contributed by atoms with van der Waals surface area (Å²) in [5, 5.41) is 0. The van der Waals surface area contributed by atoms with Gasteiger partial charge in [0.15, 0.2) is 5.78 Å². The highest BCUT2D eigenvalue weighted by Gasteiger charge is 2.12. The van der Waals surface area contributed by atoms with Gasteiger partial charge >= 0.3 is 0 Å². The molecule has 3 heteroatoms. The third-order valence-electron chi connectivity index (χ3n) is 3.72. The summed E-state index contributed by atoms with van der Waals surface area (Å²) in [5.74, 6) is 0.120. The van der Waals surface area contributed by atoms with Crippen molar-refractivity contribution in [3.63, 3.8) is 0 Å². The molecule has 0 saturated heterocycles. The van der Waals surface area contributed by atoms with Crippen molar-refractivity contribution >= 4 is 11.7 Å². The molecule has 22 heavy (non-hydrogen) atoms. The number of hydrogen-bond acceptors (Lipinski definition) is 2. The van der Waals surface area contributed by atoms with E-state index in [2.05, 4.69) is 0 Å². The third-order valence-corrected chi connectivity index (χ3v) is 3.72. The van der Waals surface area contributed by atoms with E-state index in [-0.39, 0.29) is 11.7 Å². The van der Waals surface area contributed by atoms with E-state index in [1.807, 2.05) is 49.1 Å². The van der Waals surface area contributed by atoms with E-state index in [1.54, 1.807) is 24.3 Å². The normalized spacial score (nSPS) is 10.3. The Balaban J connectivity index is 2.08. The number of carbonyl (C=O) groups excluding carboxylic acids is 2. The zero-order valence-electron chi connectivity index (χ0n) is 13.1. The number of nitrogens with zero attached hydrogens (tertiary/aromatic N) is 1. The third kappa shape index (κ3) is 3.82. The molecule has 2 rings (SSSR count). The van der Waals surface area contributed by atoms with Gasteiger partial charge in [-0.2, -0.15) is 0 Å². The van der Waals surface area contributed by atoms with Crippen molar-refractivity contribution < 1.29 is 9.59 Å². The number of rotatable bonds is 6. The Morgan fingerprint density at radius 3 is 1.91 bits per heavy atom. The minimum Gasteiger partial charge on any atom is -0.343 e. The van der Waals surface area contributed by atoms with Crippen LogP contribution in [0.15, 0.2) is 54.6 Å². The van der Waals surface area contributed by atoms with Crippen LogP contribution in [0, 0.1) is 0 Å². The first-order chi connectivity index (χ1) is 10.7. The van der Waals surface area contributed by atoms with Crippen LogP contribution in [0.1, 0.15) is 35.3 Å². The molecule has 2 aromatic carbocycles. The van der Waals surface area contributed by atoms with Gasteiger partial charge in [0.25, 0.3) is 0 Å². The van der Waals surface area contributed by atoms with Crippen LogP contribution in [0.25, 0.3) is 0 Å². The van der Waals surface area contributed by atoms with E-state index in [9.17, 15) is 9.59 Å². The van der Waals surface area contributed by atoms with Gasteiger partial charge in [-0.3, -0.25) is 9.59 Å². The lowest BCUT2D eigenvalue weighted by Crippen LogP contribution is -2.31. The predicted octanol–water partition coefficient (Wildman–Crippen LogP) is 3.33. The van der Waals surface area contributed by atoms with Crippen LogP contribution in [0.2, 0.25) is 0 Å². The molecular weight excluding hydrogens is 274 g/mol. The summed E-state index contributed by atoms with van der Waals surface area (Å²) in [5.41, 5.74) is 2.25. The van der Waals surface area contributed by atoms with Gasteiger partial charge in [0.2, 0.25) is 5.91 Å². The molecule has 0 saturated carbocycles. The summed E-state index contributed by atoms with van der Waals surface area (Å²) in [6.07, 6.45) is 0.376. The standard InChI is InChI=1S/C19H21NO2/c1-3-20(4-2)18(21)14-15-10-12-17(13-11-15)19(22)16-8-6-5-7-9-16/h5-13H,3-4,14H2,1-2H3. The quantitative estimate of drug-likeness (QED) is 0.767. The van der Waals surface area contributed by atoms with Gasteiger partial charge in [-0.1, -0.05) is 54.6 Å². The summed E-state index contributed by atoms with van der Waals surface area (Å²) < 4.78 is 0. The first-order valence-corrected chi connectivity index (χ1v) is 7.62. The molecule has 0 spiro atoms. The van der Waals surface area contributed by atoms with Gasteiger partial charge in [0.05, 0.1) is 6.42 Å². The lowest BCUT2D eigenvalue weighted by atomic mass is 10.0. The van der Waals surface area contributed by atoms with Gasteiger partial charge in [-0.15, -0.1) is 0 Å². The van der Waals surface area contributed by atoms with Crippen molar-refractivity contribution in [2.75, 3.05) is 13.1 Å². The van der Waals surface area contributed by atoms with Crippen molar-refractivity contribution in [2.45, 2.75) is 20.3 Å². The molecule has 0 aromatic heterocycles. The molecule has 0 N–H and O–H groups in total. The first kappa shape index (κ1) is 16.0. The maximum Gasteiger partial charge on any atom is 0.226 e. The van der Waals surface area contributed by atoms with Crippen LogP contribution >= 0.6 is 0 Å². The maximum atomic E-state index is 12.3. The fourth-order valence-electron chi connectivity index (χ4n) is 2.39. The maximum absolute atomic E-state index is 12.3. The molecule has 0 aliphatic rings. The van der Waals surface area contributed by atoms with Crippen LogP contribution in [0.5, 0.6) is 0 Å². The Hall–Kier alpha value is -2.42. The number of amides is 1. The monoisotopic (exact) mass is 295 g/mol. The van der Waals surface area contributed by atoms with Crippen LogP contribution in [-0.4, -0.2) is 29.7 Å². The van der Waals surface area contributed by atoms with Crippen molar-refractivity contribution in [1.82, 2.24) is 4.90 Å². The Morgan fingerprint density at radius 2 is 1.36 bits per heavy atom. The Morgan fingerprint density at radius 1 is 0.818 bits per heavy atom. The molecule has 0 atom stereocenters.